The van der Waals surface area contributed by atoms with E-state index in [-0.39, 0.29) is 23.9 Å². The Labute approximate surface area is 114 Å². The second-order valence-electron chi connectivity index (χ2n) is 3.40. The van der Waals surface area contributed by atoms with E-state index in [0.717, 1.165) is 0 Å². The maximum absolute atomic E-state index is 11.3. The summed E-state index contributed by atoms with van der Waals surface area (Å²) in [5, 5.41) is 11.2. The standard InChI is InChI=1S/C12H11ClN2O4/c1-18-12(17)6-15-11(16)7-19-10-3-2-8(5-14)4-9(10)13/h2-4H,6-7H2,1H3,(H,15,16). The summed E-state index contributed by atoms with van der Waals surface area (Å²) in [6.07, 6.45) is 0. The zero-order valence-corrected chi connectivity index (χ0v) is 10.9. The van der Waals surface area contributed by atoms with E-state index in [4.69, 9.17) is 21.6 Å². The minimum atomic E-state index is -0.551. The van der Waals surface area contributed by atoms with Crippen LogP contribution in [0.3, 0.4) is 0 Å². The summed E-state index contributed by atoms with van der Waals surface area (Å²) in [5.74, 6) is -0.746. The minimum absolute atomic E-state index is 0.222. The highest BCUT2D eigenvalue weighted by Gasteiger charge is 2.08. The van der Waals surface area contributed by atoms with Crippen molar-refractivity contribution in [2.75, 3.05) is 20.3 Å². The highest BCUT2D eigenvalue weighted by atomic mass is 35.5. The van der Waals surface area contributed by atoms with Gasteiger partial charge in [-0.2, -0.15) is 5.26 Å². The maximum Gasteiger partial charge on any atom is 0.325 e. The lowest BCUT2D eigenvalue weighted by Gasteiger charge is -2.08. The van der Waals surface area contributed by atoms with Crippen molar-refractivity contribution in [2.24, 2.45) is 0 Å². The number of halogens is 1. The number of ether oxygens (including phenoxy) is 2. The zero-order valence-electron chi connectivity index (χ0n) is 10.1. The molecule has 0 atom stereocenters. The van der Waals surface area contributed by atoms with Gasteiger partial charge in [0.15, 0.2) is 6.61 Å². The van der Waals surface area contributed by atoms with Crippen molar-refractivity contribution in [3.05, 3.63) is 28.8 Å². The van der Waals surface area contributed by atoms with Gasteiger partial charge in [0.05, 0.1) is 23.8 Å². The van der Waals surface area contributed by atoms with Crippen LogP contribution in [0.2, 0.25) is 5.02 Å². The fraction of sp³-hybridized carbons (Fsp3) is 0.250. The van der Waals surface area contributed by atoms with Crippen LogP contribution in [0.4, 0.5) is 0 Å². The molecule has 19 heavy (non-hydrogen) atoms. The van der Waals surface area contributed by atoms with Crippen molar-refractivity contribution >= 4 is 23.5 Å². The number of esters is 1. The molecule has 0 bridgehead atoms. The summed E-state index contributed by atoms with van der Waals surface area (Å²) < 4.78 is 9.52. The molecule has 1 aromatic rings. The van der Waals surface area contributed by atoms with Crippen molar-refractivity contribution in [1.29, 1.82) is 5.26 Å². The molecule has 0 aliphatic rings. The quantitative estimate of drug-likeness (QED) is 0.810. The Morgan fingerprint density at radius 1 is 1.47 bits per heavy atom. The van der Waals surface area contributed by atoms with Gasteiger partial charge in [-0.3, -0.25) is 9.59 Å². The average molecular weight is 283 g/mol. The van der Waals surface area contributed by atoms with Gasteiger partial charge in [-0.15, -0.1) is 0 Å². The third kappa shape index (κ3) is 4.85. The molecule has 0 fully saturated rings. The summed E-state index contributed by atoms with van der Waals surface area (Å²) >= 11 is 5.86. The number of benzene rings is 1. The molecule has 100 valence electrons. The first-order valence-electron chi connectivity index (χ1n) is 5.22. The SMILES string of the molecule is COC(=O)CNC(=O)COc1ccc(C#N)cc1Cl. The molecule has 1 N–H and O–H groups in total. The number of nitrogens with one attached hydrogen (secondary N) is 1. The molecule has 0 unspecified atom stereocenters. The number of amides is 1. The van der Waals surface area contributed by atoms with Crippen molar-refractivity contribution < 1.29 is 19.1 Å². The molecule has 0 saturated carbocycles. The molecule has 0 aromatic heterocycles. The summed E-state index contributed by atoms with van der Waals surface area (Å²) in [7, 11) is 1.22. The number of rotatable bonds is 5. The van der Waals surface area contributed by atoms with E-state index in [1.54, 1.807) is 0 Å². The Morgan fingerprint density at radius 3 is 2.79 bits per heavy atom. The molecule has 1 rings (SSSR count). The van der Waals surface area contributed by atoms with Crippen molar-refractivity contribution in [3.63, 3.8) is 0 Å². The first-order chi connectivity index (χ1) is 9.06. The van der Waals surface area contributed by atoms with Crippen LogP contribution in [0.5, 0.6) is 5.75 Å². The molecule has 6 nitrogen and oxygen atoms in total. The third-order valence-electron chi connectivity index (χ3n) is 2.08. The Morgan fingerprint density at radius 2 is 2.21 bits per heavy atom. The Kier molecular flexibility index (Phi) is 5.64. The van der Waals surface area contributed by atoms with Crippen LogP contribution in [0.25, 0.3) is 0 Å². The number of nitriles is 1. The van der Waals surface area contributed by atoms with Crippen LogP contribution in [0, 0.1) is 11.3 Å². The second-order valence-corrected chi connectivity index (χ2v) is 3.81. The normalized spacial score (nSPS) is 9.32. The predicted octanol–water partition coefficient (Wildman–Crippen LogP) is 0.880. The van der Waals surface area contributed by atoms with Gasteiger partial charge in [0.25, 0.3) is 5.91 Å². The lowest BCUT2D eigenvalue weighted by Crippen LogP contribution is -2.33. The van der Waals surface area contributed by atoms with Gasteiger partial charge in [0.2, 0.25) is 0 Å². The van der Waals surface area contributed by atoms with Crippen LogP contribution in [-0.4, -0.2) is 32.1 Å². The molecule has 0 spiro atoms. The Balaban J connectivity index is 2.46. The van der Waals surface area contributed by atoms with Gasteiger partial charge >= 0.3 is 5.97 Å². The van der Waals surface area contributed by atoms with Crippen LogP contribution >= 0.6 is 11.6 Å². The lowest BCUT2D eigenvalue weighted by atomic mass is 10.2. The summed E-state index contributed by atoms with van der Waals surface area (Å²) in [6.45, 7) is -0.511. The van der Waals surface area contributed by atoms with Gasteiger partial charge in [-0.05, 0) is 18.2 Å². The summed E-state index contributed by atoms with van der Waals surface area (Å²) in [5.41, 5.74) is 0.396. The maximum atomic E-state index is 11.3. The third-order valence-corrected chi connectivity index (χ3v) is 2.37. The number of hydrogen-bond acceptors (Lipinski definition) is 5. The van der Waals surface area contributed by atoms with E-state index < -0.39 is 11.9 Å². The van der Waals surface area contributed by atoms with E-state index in [2.05, 4.69) is 10.1 Å². The number of nitrogens with zero attached hydrogens (tertiary/aromatic N) is 1. The van der Waals surface area contributed by atoms with Gasteiger partial charge in [0.1, 0.15) is 12.3 Å². The van der Waals surface area contributed by atoms with Gasteiger partial charge in [-0.1, -0.05) is 11.6 Å². The monoisotopic (exact) mass is 282 g/mol. The molecule has 0 radical (unpaired) electrons. The van der Waals surface area contributed by atoms with E-state index in [9.17, 15) is 9.59 Å². The number of carbonyl (C=O) groups is 2. The molecule has 0 heterocycles. The molecular weight excluding hydrogens is 272 g/mol. The van der Waals surface area contributed by atoms with Gasteiger partial charge in [0, 0.05) is 0 Å². The predicted molar refractivity (Wildman–Crippen MR) is 66.7 cm³/mol. The van der Waals surface area contributed by atoms with Crippen molar-refractivity contribution in [2.45, 2.75) is 0 Å². The van der Waals surface area contributed by atoms with Crippen LogP contribution in [0.1, 0.15) is 5.56 Å². The average Bonchev–Trinajstić information content (AvgIpc) is 2.43. The molecule has 0 saturated heterocycles. The Bertz CT molecular complexity index is 525. The molecular formula is C12H11ClN2O4. The van der Waals surface area contributed by atoms with Gasteiger partial charge in [-0.25, -0.2) is 0 Å². The number of carbonyl (C=O) groups excluding carboxylic acids is 2. The van der Waals surface area contributed by atoms with Crippen LogP contribution in [0.15, 0.2) is 18.2 Å². The molecule has 1 aromatic carbocycles. The van der Waals surface area contributed by atoms with Crippen LogP contribution < -0.4 is 10.1 Å². The van der Waals surface area contributed by atoms with E-state index >= 15 is 0 Å². The van der Waals surface area contributed by atoms with Crippen LogP contribution in [-0.2, 0) is 14.3 Å². The minimum Gasteiger partial charge on any atom is -0.482 e. The van der Waals surface area contributed by atoms with E-state index in [1.165, 1.54) is 25.3 Å². The number of methoxy groups -OCH3 is 1. The largest absolute Gasteiger partial charge is 0.482 e. The first-order valence-corrected chi connectivity index (χ1v) is 5.60. The fourth-order valence-electron chi connectivity index (χ4n) is 1.12. The summed E-state index contributed by atoms with van der Waals surface area (Å²) in [4.78, 5) is 22.1. The smallest absolute Gasteiger partial charge is 0.325 e. The molecule has 7 heteroatoms. The molecule has 1 amide bonds. The fourth-order valence-corrected chi connectivity index (χ4v) is 1.36. The molecule has 0 aliphatic carbocycles. The Hall–Kier alpha value is -2.26. The number of hydrogen-bond donors (Lipinski definition) is 1. The topological polar surface area (TPSA) is 88.4 Å². The first kappa shape index (κ1) is 14.8. The second kappa shape index (κ2) is 7.24. The summed E-state index contributed by atoms with van der Waals surface area (Å²) in [6, 6.07) is 6.38. The van der Waals surface area contributed by atoms with E-state index in [1.807, 2.05) is 6.07 Å². The zero-order chi connectivity index (χ0) is 14.3. The highest BCUT2D eigenvalue weighted by Crippen LogP contribution is 2.24. The van der Waals surface area contributed by atoms with Crippen molar-refractivity contribution in [1.82, 2.24) is 5.32 Å². The van der Waals surface area contributed by atoms with E-state index in [0.29, 0.717) is 5.56 Å². The van der Waals surface area contributed by atoms with Crippen molar-refractivity contribution in [3.8, 4) is 11.8 Å². The molecule has 0 aliphatic heterocycles. The lowest BCUT2D eigenvalue weighted by molar-refractivity contribution is -0.141. The highest BCUT2D eigenvalue weighted by molar-refractivity contribution is 6.32. The van der Waals surface area contributed by atoms with Gasteiger partial charge < -0.3 is 14.8 Å².